The Hall–Kier alpha value is -3.58. The quantitative estimate of drug-likeness (QED) is 0.447. The molecule has 1 N–H and O–H groups in total. The fourth-order valence-electron chi connectivity index (χ4n) is 3.85. The third-order valence-corrected chi connectivity index (χ3v) is 5.70. The summed E-state index contributed by atoms with van der Waals surface area (Å²) in [5.41, 5.74) is 2.79. The van der Waals surface area contributed by atoms with Crippen molar-refractivity contribution in [2.45, 2.75) is 18.6 Å². The molecule has 3 aromatic heterocycles. The van der Waals surface area contributed by atoms with Crippen LogP contribution in [-0.4, -0.2) is 20.0 Å². The zero-order chi connectivity index (χ0) is 21.2. The smallest absolute Gasteiger partial charge is 0.170 e. The fourth-order valence-corrected chi connectivity index (χ4v) is 4.16. The number of hydrogen-bond donors (Lipinski definition) is 1. The molecule has 1 aromatic carbocycles. The maximum atomic E-state index is 13.3. The first-order valence-electron chi connectivity index (χ1n) is 9.92. The van der Waals surface area contributed by atoms with Crippen molar-refractivity contribution in [3.05, 3.63) is 108 Å². The SMILES string of the molecule is Fc1ccc(-c2ccc([C@@H]3[C@@H](c4ccccn4)NC(=S)N3Cc3ccncc3)o2)cc1. The van der Waals surface area contributed by atoms with Gasteiger partial charge < -0.3 is 14.6 Å². The van der Waals surface area contributed by atoms with Crippen LogP contribution in [0.3, 0.4) is 0 Å². The molecule has 0 aliphatic carbocycles. The van der Waals surface area contributed by atoms with Gasteiger partial charge in [-0.3, -0.25) is 9.97 Å². The number of nitrogens with zero attached hydrogens (tertiary/aromatic N) is 3. The van der Waals surface area contributed by atoms with E-state index in [2.05, 4.69) is 20.2 Å². The van der Waals surface area contributed by atoms with Gasteiger partial charge in [0.15, 0.2) is 5.11 Å². The number of pyridine rings is 2. The summed E-state index contributed by atoms with van der Waals surface area (Å²) in [5, 5.41) is 4.05. The molecule has 1 fully saturated rings. The van der Waals surface area contributed by atoms with E-state index < -0.39 is 0 Å². The molecular weight excluding hydrogens is 411 g/mol. The van der Waals surface area contributed by atoms with Gasteiger partial charge in [0.2, 0.25) is 0 Å². The molecule has 5 nitrogen and oxygen atoms in total. The number of aromatic nitrogens is 2. The first-order chi connectivity index (χ1) is 15.2. The van der Waals surface area contributed by atoms with Gasteiger partial charge in [0.25, 0.3) is 0 Å². The van der Waals surface area contributed by atoms with Crippen LogP contribution in [0, 0.1) is 5.82 Å². The number of thiocarbonyl (C=S) groups is 1. The Morgan fingerprint density at radius 2 is 1.77 bits per heavy atom. The van der Waals surface area contributed by atoms with Gasteiger partial charge in [0.05, 0.1) is 11.7 Å². The molecule has 0 bridgehead atoms. The van der Waals surface area contributed by atoms with E-state index in [0.717, 1.165) is 22.6 Å². The van der Waals surface area contributed by atoms with Crippen LogP contribution in [0.4, 0.5) is 4.39 Å². The first-order valence-corrected chi connectivity index (χ1v) is 10.3. The van der Waals surface area contributed by atoms with Gasteiger partial charge in [-0.1, -0.05) is 6.07 Å². The summed E-state index contributed by atoms with van der Waals surface area (Å²) >= 11 is 5.70. The predicted octanol–water partition coefficient (Wildman–Crippen LogP) is 5.05. The summed E-state index contributed by atoms with van der Waals surface area (Å²) in [6.07, 6.45) is 5.31. The lowest BCUT2D eigenvalue weighted by atomic mass is 10.0. The second-order valence-electron chi connectivity index (χ2n) is 7.32. The molecule has 0 amide bonds. The van der Waals surface area contributed by atoms with Crippen LogP contribution in [0.2, 0.25) is 0 Å². The van der Waals surface area contributed by atoms with Gasteiger partial charge in [-0.2, -0.15) is 0 Å². The number of benzene rings is 1. The average molecular weight is 431 g/mol. The molecular formula is C24H19FN4OS. The molecule has 7 heteroatoms. The van der Waals surface area contributed by atoms with E-state index >= 15 is 0 Å². The lowest BCUT2D eigenvalue weighted by Crippen LogP contribution is -2.29. The van der Waals surface area contributed by atoms with Crippen molar-refractivity contribution >= 4 is 17.3 Å². The molecule has 0 spiro atoms. The van der Waals surface area contributed by atoms with E-state index in [1.807, 2.05) is 42.5 Å². The van der Waals surface area contributed by atoms with Crippen LogP contribution in [-0.2, 0) is 6.54 Å². The Balaban J connectivity index is 1.53. The monoisotopic (exact) mass is 430 g/mol. The Kier molecular flexibility index (Phi) is 5.18. The lowest BCUT2D eigenvalue weighted by molar-refractivity contribution is 0.269. The van der Waals surface area contributed by atoms with Crippen molar-refractivity contribution in [3.63, 3.8) is 0 Å². The van der Waals surface area contributed by atoms with Gasteiger partial charge >= 0.3 is 0 Å². The maximum Gasteiger partial charge on any atom is 0.170 e. The summed E-state index contributed by atoms with van der Waals surface area (Å²) in [6.45, 7) is 0.606. The predicted molar refractivity (Wildman–Crippen MR) is 119 cm³/mol. The number of nitrogens with one attached hydrogen (secondary N) is 1. The summed E-state index contributed by atoms with van der Waals surface area (Å²) in [7, 11) is 0. The van der Waals surface area contributed by atoms with Gasteiger partial charge in [0.1, 0.15) is 23.4 Å². The second kappa shape index (κ2) is 8.28. The Bertz CT molecular complexity index is 1180. The van der Waals surface area contributed by atoms with Crippen LogP contribution >= 0.6 is 12.2 Å². The standard InChI is InChI=1S/C24H19FN4OS/c25-18-6-4-17(5-7-18)20-8-9-21(30-20)23-22(19-3-1-2-12-27-19)28-24(31)29(23)15-16-10-13-26-14-11-16/h1-14,22-23H,15H2,(H,28,31)/t22-,23-/m1/s1. The maximum absolute atomic E-state index is 13.3. The molecule has 2 atom stereocenters. The van der Waals surface area contributed by atoms with Crippen molar-refractivity contribution in [2.75, 3.05) is 0 Å². The minimum Gasteiger partial charge on any atom is -0.459 e. The zero-order valence-corrected chi connectivity index (χ0v) is 17.3. The van der Waals surface area contributed by atoms with Crippen molar-refractivity contribution in [1.29, 1.82) is 0 Å². The van der Waals surface area contributed by atoms with Crippen LogP contribution < -0.4 is 5.32 Å². The van der Waals surface area contributed by atoms with E-state index in [9.17, 15) is 4.39 Å². The highest BCUT2D eigenvalue weighted by Gasteiger charge is 2.41. The largest absolute Gasteiger partial charge is 0.459 e. The topological polar surface area (TPSA) is 54.2 Å². The number of hydrogen-bond acceptors (Lipinski definition) is 4. The number of halogens is 1. The minimum atomic E-state index is -0.278. The molecule has 0 radical (unpaired) electrons. The highest BCUT2D eigenvalue weighted by molar-refractivity contribution is 7.80. The van der Waals surface area contributed by atoms with Gasteiger partial charge in [-0.25, -0.2) is 4.39 Å². The summed E-state index contributed by atoms with van der Waals surface area (Å²) in [5.74, 6) is 1.16. The molecule has 1 aliphatic heterocycles. The van der Waals surface area contributed by atoms with E-state index in [4.69, 9.17) is 16.6 Å². The van der Waals surface area contributed by atoms with Gasteiger partial charge in [-0.15, -0.1) is 0 Å². The highest BCUT2D eigenvalue weighted by Crippen LogP contribution is 2.41. The highest BCUT2D eigenvalue weighted by atomic mass is 32.1. The van der Waals surface area contributed by atoms with Crippen LogP contribution in [0.5, 0.6) is 0 Å². The molecule has 4 heterocycles. The summed E-state index contributed by atoms with van der Waals surface area (Å²) in [4.78, 5) is 10.8. The van der Waals surface area contributed by atoms with Gasteiger partial charge in [-0.05, 0) is 78.4 Å². The normalized spacial score (nSPS) is 18.2. The van der Waals surface area contributed by atoms with E-state index in [-0.39, 0.29) is 17.9 Å². The fraction of sp³-hybridized carbons (Fsp3) is 0.125. The Labute approximate surface area is 184 Å². The number of furan rings is 1. The van der Waals surface area contributed by atoms with Gasteiger partial charge in [0, 0.05) is 30.7 Å². The first kappa shape index (κ1) is 19.4. The molecule has 0 unspecified atom stereocenters. The second-order valence-corrected chi connectivity index (χ2v) is 7.71. The molecule has 1 aliphatic rings. The summed E-state index contributed by atoms with van der Waals surface area (Å²) in [6, 6.07) is 19.5. The Morgan fingerprint density at radius 1 is 0.968 bits per heavy atom. The number of rotatable bonds is 5. The molecule has 154 valence electrons. The van der Waals surface area contributed by atoms with Crippen LogP contribution in [0.1, 0.15) is 29.1 Å². The Morgan fingerprint density at radius 3 is 2.52 bits per heavy atom. The van der Waals surface area contributed by atoms with Crippen molar-refractivity contribution in [3.8, 4) is 11.3 Å². The van der Waals surface area contributed by atoms with E-state index in [0.29, 0.717) is 17.4 Å². The van der Waals surface area contributed by atoms with E-state index in [1.54, 1.807) is 30.7 Å². The lowest BCUT2D eigenvalue weighted by Gasteiger charge is -2.26. The average Bonchev–Trinajstić information content (AvgIpc) is 3.41. The minimum absolute atomic E-state index is 0.164. The molecule has 0 saturated carbocycles. The third kappa shape index (κ3) is 3.92. The third-order valence-electron chi connectivity index (χ3n) is 5.35. The van der Waals surface area contributed by atoms with Crippen LogP contribution in [0.15, 0.2) is 89.7 Å². The van der Waals surface area contributed by atoms with Crippen molar-refractivity contribution in [2.24, 2.45) is 0 Å². The van der Waals surface area contributed by atoms with Crippen molar-refractivity contribution < 1.29 is 8.81 Å². The van der Waals surface area contributed by atoms with Crippen LogP contribution in [0.25, 0.3) is 11.3 Å². The molecule has 31 heavy (non-hydrogen) atoms. The van der Waals surface area contributed by atoms with Crippen molar-refractivity contribution in [1.82, 2.24) is 20.2 Å². The molecule has 5 rings (SSSR count). The molecule has 4 aromatic rings. The summed E-state index contributed by atoms with van der Waals surface area (Å²) < 4.78 is 19.6. The molecule has 1 saturated heterocycles. The van der Waals surface area contributed by atoms with E-state index in [1.165, 1.54) is 12.1 Å². The zero-order valence-electron chi connectivity index (χ0n) is 16.5.